The summed E-state index contributed by atoms with van der Waals surface area (Å²) in [4.78, 5) is 13.3. The molecule has 168 valence electrons. The molecule has 0 radical (unpaired) electrons. The van der Waals surface area contributed by atoms with Crippen molar-refractivity contribution < 1.29 is 9.53 Å². The number of rotatable bonds is 7. The maximum Gasteiger partial charge on any atom is 0.258 e. The molecule has 4 rings (SSSR count). The molecule has 1 aromatic rings. The van der Waals surface area contributed by atoms with Gasteiger partial charge in [0.15, 0.2) is 0 Å². The first kappa shape index (κ1) is 21.7. The number of aromatic nitrogens is 2. The number of carbonyl (C=O) groups excluding carboxylic acids is 1. The van der Waals surface area contributed by atoms with Crippen LogP contribution in [0.2, 0.25) is 0 Å². The van der Waals surface area contributed by atoms with Crippen LogP contribution in [0.15, 0.2) is 6.20 Å². The molecule has 3 aliphatic rings. The highest BCUT2D eigenvalue weighted by Crippen LogP contribution is 2.42. The van der Waals surface area contributed by atoms with Crippen molar-refractivity contribution in [2.75, 3.05) is 13.1 Å². The summed E-state index contributed by atoms with van der Waals surface area (Å²) in [6.07, 6.45) is 11.7. The second-order valence-electron chi connectivity index (χ2n) is 10.2. The van der Waals surface area contributed by atoms with E-state index in [1.807, 2.05) is 18.5 Å². The van der Waals surface area contributed by atoms with E-state index in [1.165, 1.54) is 44.9 Å². The third-order valence-corrected chi connectivity index (χ3v) is 7.54. The quantitative estimate of drug-likeness (QED) is 0.705. The molecule has 4 atom stereocenters. The summed E-state index contributed by atoms with van der Waals surface area (Å²) in [6.45, 7) is 9.35. The highest BCUT2D eigenvalue weighted by Gasteiger charge is 2.39. The van der Waals surface area contributed by atoms with E-state index in [0.717, 1.165) is 37.9 Å². The molecule has 0 spiro atoms. The second kappa shape index (κ2) is 9.71. The molecule has 2 saturated carbocycles. The summed E-state index contributed by atoms with van der Waals surface area (Å²) in [6, 6.07) is 0.277. The Hall–Kier alpha value is -1.56. The fourth-order valence-corrected chi connectivity index (χ4v) is 6.01. The minimum Gasteiger partial charge on any atom is -0.475 e. The average molecular weight is 417 g/mol. The highest BCUT2D eigenvalue weighted by atomic mass is 16.5. The molecule has 6 nitrogen and oxygen atoms in total. The first-order valence-electron chi connectivity index (χ1n) is 12.2. The Kier molecular flexibility index (Phi) is 7.01. The molecule has 1 aliphatic heterocycles. The van der Waals surface area contributed by atoms with E-state index in [2.05, 4.69) is 22.7 Å². The van der Waals surface area contributed by atoms with Crippen LogP contribution in [-0.2, 0) is 6.54 Å². The standard InChI is InChI=1S/C24H40N4O2/c1-16(2)30-24-21(15-26-28(24)12-9-18-7-10-25-11-8-18)23(29)27-22-17(3)13-19-5-4-6-20(22)14-19/h15-20,22,25H,4-14H2,1-3H3,(H,27,29). The summed E-state index contributed by atoms with van der Waals surface area (Å²) >= 11 is 0. The fraction of sp³-hybridized carbons (Fsp3) is 0.833. The molecule has 6 heteroatoms. The zero-order chi connectivity index (χ0) is 21.1. The Labute approximate surface area is 181 Å². The minimum atomic E-state index is -0.0142. The predicted molar refractivity (Wildman–Crippen MR) is 119 cm³/mol. The second-order valence-corrected chi connectivity index (χ2v) is 10.2. The maximum absolute atomic E-state index is 13.3. The molecule has 1 amide bonds. The van der Waals surface area contributed by atoms with Crippen molar-refractivity contribution in [1.29, 1.82) is 0 Å². The Morgan fingerprint density at radius 2 is 2.07 bits per heavy atom. The lowest BCUT2D eigenvalue weighted by molar-refractivity contribution is 0.0723. The lowest BCUT2D eigenvalue weighted by atomic mass is 9.65. The van der Waals surface area contributed by atoms with Crippen molar-refractivity contribution in [3.8, 4) is 5.88 Å². The van der Waals surface area contributed by atoms with Crippen LogP contribution in [0.3, 0.4) is 0 Å². The Bertz CT molecular complexity index is 708. The third-order valence-electron chi connectivity index (χ3n) is 7.54. The van der Waals surface area contributed by atoms with Gasteiger partial charge >= 0.3 is 0 Å². The van der Waals surface area contributed by atoms with Gasteiger partial charge in [0.05, 0.1) is 12.3 Å². The van der Waals surface area contributed by atoms with Crippen LogP contribution in [0.5, 0.6) is 5.88 Å². The summed E-state index contributed by atoms with van der Waals surface area (Å²) in [7, 11) is 0. The van der Waals surface area contributed by atoms with Crippen LogP contribution in [0.25, 0.3) is 0 Å². The number of nitrogens with one attached hydrogen (secondary N) is 2. The van der Waals surface area contributed by atoms with E-state index in [-0.39, 0.29) is 18.1 Å². The van der Waals surface area contributed by atoms with Gasteiger partial charge < -0.3 is 15.4 Å². The predicted octanol–water partition coefficient (Wildman–Crippen LogP) is 4.00. The monoisotopic (exact) mass is 416 g/mol. The number of hydrogen-bond donors (Lipinski definition) is 2. The molecule has 2 heterocycles. The molecule has 2 N–H and O–H groups in total. The van der Waals surface area contributed by atoms with Crippen molar-refractivity contribution in [3.05, 3.63) is 11.8 Å². The SMILES string of the molecule is CC(C)Oc1c(C(=O)NC2C(C)CC3CCCC2C3)cnn1CCC1CCNCC1. The summed E-state index contributed by atoms with van der Waals surface area (Å²) < 4.78 is 8.02. The van der Waals surface area contributed by atoms with Gasteiger partial charge in [0.25, 0.3) is 5.91 Å². The average Bonchev–Trinajstić information content (AvgIpc) is 3.12. The van der Waals surface area contributed by atoms with Gasteiger partial charge in [-0.3, -0.25) is 4.79 Å². The number of fused-ring (bicyclic) bond motifs is 2. The van der Waals surface area contributed by atoms with Crippen LogP contribution in [0, 0.1) is 23.7 Å². The van der Waals surface area contributed by atoms with Crippen molar-refractivity contribution >= 4 is 5.91 Å². The summed E-state index contributed by atoms with van der Waals surface area (Å²) in [5, 5.41) is 11.4. The Balaban J connectivity index is 1.45. The lowest BCUT2D eigenvalue weighted by Gasteiger charge is -2.44. The zero-order valence-corrected chi connectivity index (χ0v) is 19.0. The fourth-order valence-electron chi connectivity index (χ4n) is 6.01. The molecule has 2 bridgehead atoms. The normalized spacial score (nSPS) is 29.7. The zero-order valence-electron chi connectivity index (χ0n) is 19.0. The summed E-state index contributed by atoms with van der Waals surface area (Å²) in [5.41, 5.74) is 0.596. The lowest BCUT2D eigenvalue weighted by Crippen LogP contribution is -2.49. The number of nitrogens with zero attached hydrogens (tertiary/aromatic N) is 2. The van der Waals surface area contributed by atoms with E-state index >= 15 is 0 Å². The van der Waals surface area contributed by atoms with Gasteiger partial charge in [-0.2, -0.15) is 5.10 Å². The van der Waals surface area contributed by atoms with Crippen LogP contribution >= 0.6 is 0 Å². The highest BCUT2D eigenvalue weighted by molar-refractivity contribution is 5.96. The molecule has 4 unspecified atom stereocenters. The molecule has 2 aliphatic carbocycles. The Morgan fingerprint density at radius 1 is 1.27 bits per heavy atom. The third kappa shape index (κ3) is 5.01. The number of piperidine rings is 1. The van der Waals surface area contributed by atoms with E-state index in [1.54, 1.807) is 6.20 Å². The number of amides is 1. The first-order valence-corrected chi connectivity index (χ1v) is 12.2. The summed E-state index contributed by atoms with van der Waals surface area (Å²) in [5.74, 6) is 3.38. The van der Waals surface area contributed by atoms with Gasteiger partial charge in [0.1, 0.15) is 5.56 Å². The molecule has 1 saturated heterocycles. The molecule has 3 fully saturated rings. The van der Waals surface area contributed by atoms with Crippen LogP contribution in [-0.4, -0.2) is 40.9 Å². The van der Waals surface area contributed by atoms with Crippen molar-refractivity contribution in [2.45, 2.75) is 90.8 Å². The van der Waals surface area contributed by atoms with Gasteiger partial charge in [0, 0.05) is 12.6 Å². The van der Waals surface area contributed by atoms with Gasteiger partial charge in [-0.15, -0.1) is 0 Å². The van der Waals surface area contributed by atoms with E-state index in [9.17, 15) is 4.79 Å². The minimum absolute atomic E-state index is 0.0126. The number of hydrogen-bond acceptors (Lipinski definition) is 4. The van der Waals surface area contributed by atoms with Crippen molar-refractivity contribution in [1.82, 2.24) is 20.4 Å². The van der Waals surface area contributed by atoms with Gasteiger partial charge in [-0.25, -0.2) is 4.68 Å². The topological polar surface area (TPSA) is 68.2 Å². The van der Waals surface area contributed by atoms with E-state index in [4.69, 9.17) is 4.74 Å². The van der Waals surface area contributed by atoms with E-state index in [0.29, 0.717) is 23.3 Å². The smallest absolute Gasteiger partial charge is 0.258 e. The first-order chi connectivity index (χ1) is 14.5. The number of carbonyl (C=O) groups is 1. The Morgan fingerprint density at radius 3 is 2.83 bits per heavy atom. The van der Waals surface area contributed by atoms with Gasteiger partial charge in [0.2, 0.25) is 5.88 Å². The van der Waals surface area contributed by atoms with Crippen LogP contribution in [0.1, 0.15) is 82.5 Å². The van der Waals surface area contributed by atoms with Gasteiger partial charge in [-0.05, 0) is 89.1 Å². The number of aryl methyl sites for hydroxylation is 1. The number of ether oxygens (including phenoxy) is 1. The maximum atomic E-state index is 13.3. The molecular weight excluding hydrogens is 376 g/mol. The molecule has 30 heavy (non-hydrogen) atoms. The van der Waals surface area contributed by atoms with Crippen molar-refractivity contribution in [2.24, 2.45) is 23.7 Å². The molecule has 1 aromatic heterocycles. The van der Waals surface area contributed by atoms with E-state index < -0.39 is 0 Å². The van der Waals surface area contributed by atoms with Crippen LogP contribution in [0.4, 0.5) is 0 Å². The molecule has 0 aromatic carbocycles. The molecular formula is C24H40N4O2. The van der Waals surface area contributed by atoms with Crippen molar-refractivity contribution in [3.63, 3.8) is 0 Å². The van der Waals surface area contributed by atoms with Gasteiger partial charge in [-0.1, -0.05) is 19.8 Å². The van der Waals surface area contributed by atoms with Crippen LogP contribution < -0.4 is 15.4 Å². The largest absolute Gasteiger partial charge is 0.475 e.